The average molecular weight is 528 g/mol. The molecule has 0 saturated carbocycles. The Kier molecular flexibility index (Phi) is 7.52. The topological polar surface area (TPSA) is 42.4 Å². The molecule has 1 aromatic heterocycles. The zero-order valence-electron chi connectivity index (χ0n) is 20.3. The molecule has 0 atom stereocenters. The molecule has 0 aliphatic carbocycles. The third-order valence-corrected chi connectivity index (χ3v) is 12.3. The first-order chi connectivity index (χ1) is 17.1. The van der Waals surface area contributed by atoms with Gasteiger partial charge in [-0.05, 0) is 27.5 Å². The van der Waals surface area contributed by atoms with Crippen LogP contribution in [-0.2, 0) is 23.8 Å². The van der Waals surface area contributed by atoms with E-state index in [0.717, 1.165) is 22.5 Å². The van der Waals surface area contributed by atoms with Gasteiger partial charge in [-0.1, -0.05) is 93.6 Å². The minimum Gasteiger partial charge on any atom is -0.401 e. The summed E-state index contributed by atoms with van der Waals surface area (Å²) in [4.78, 5) is 5.33. The molecule has 0 aliphatic heterocycles. The monoisotopic (exact) mass is 527 g/mol. The molecular weight excluding hydrogens is 499 g/mol. The van der Waals surface area contributed by atoms with Crippen molar-refractivity contribution in [3.05, 3.63) is 101 Å². The molecule has 36 heavy (non-hydrogen) atoms. The van der Waals surface area contributed by atoms with Gasteiger partial charge in [0.25, 0.3) is 8.32 Å². The van der Waals surface area contributed by atoms with Crippen molar-refractivity contribution >= 4 is 30.0 Å². The zero-order chi connectivity index (χ0) is 26.0. The van der Waals surface area contributed by atoms with Crippen LogP contribution in [0.25, 0.3) is 10.6 Å². The van der Waals surface area contributed by atoms with Crippen LogP contribution in [0.4, 0.5) is 13.2 Å². The summed E-state index contributed by atoms with van der Waals surface area (Å²) < 4.78 is 45.9. The van der Waals surface area contributed by atoms with Crippen LogP contribution in [-0.4, -0.2) is 18.4 Å². The van der Waals surface area contributed by atoms with Crippen molar-refractivity contribution in [1.82, 2.24) is 4.98 Å². The third-order valence-electron chi connectivity index (χ3n) is 6.22. The summed E-state index contributed by atoms with van der Waals surface area (Å²) in [6.45, 7) is 6.50. The number of halogens is 3. The maximum Gasteiger partial charge on any atom is 0.416 e. The molecule has 1 N–H and O–H groups in total. The van der Waals surface area contributed by atoms with E-state index in [1.54, 1.807) is 0 Å². The van der Waals surface area contributed by atoms with Crippen molar-refractivity contribution in [1.29, 1.82) is 0 Å². The lowest BCUT2D eigenvalue weighted by atomic mass is 10.1. The molecular formula is C28H28F3NO2SSi. The maximum absolute atomic E-state index is 13.0. The van der Waals surface area contributed by atoms with E-state index >= 15 is 0 Å². The lowest BCUT2D eigenvalue weighted by Crippen LogP contribution is -2.66. The Labute approximate surface area is 214 Å². The van der Waals surface area contributed by atoms with Crippen molar-refractivity contribution in [3.8, 4) is 10.6 Å². The highest BCUT2D eigenvalue weighted by atomic mass is 32.1. The van der Waals surface area contributed by atoms with Gasteiger partial charge in [0.15, 0.2) is 0 Å². The van der Waals surface area contributed by atoms with Gasteiger partial charge in [-0.15, -0.1) is 11.3 Å². The summed E-state index contributed by atoms with van der Waals surface area (Å²) in [7, 11) is -2.81. The number of hydrogen-bond acceptors (Lipinski definition) is 4. The van der Waals surface area contributed by atoms with Gasteiger partial charge in [-0.3, -0.25) is 0 Å². The molecule has 0 unspecified atom stereocenters. The number of aromatic nitrogens is 1. The number of alkyl halides is 3. The molecule has 0 radical (unpaired) electrons. The Morgan fingerprint density at radius 1 is 0.833 bits per heavy atom. The molecule has 1 heterocycles. The van der Waals surface area contributed by atoms with Gasteiger partial charge in [-0.2, -0.15) is 13.2 Å². The Morgan fingerprint density at radius 3 is 1.81 bits per heavy atom. The van der Waals surface area contributed by atoms with Crippen LogP contribution >= 0.6 is 11.3 Å². The van der Waals surface area contributed by atoms with E-state index in [1.165, 1.54) is 23.5 Å². The minimum atomic E-state index is -4.40. The molecule has 4 rings (SSSR count). The molecule has 0 spiro atoms. The van der Waals surface area contributed by atoms with Crippen molar-refractivity contribution < 1.29 is 22.7 Å². The highest BCUT2D eigenvalue weighted by Gasteiger charge is 2.50. The fourth-order valence-electron chi connectivity index (χ4n) is 4.48. The van der Waals surface area contributed by atoms with Crippen LogP contribution in [0.2, 0.25) is 5.04 Å². The standard InChI is InChI=1S/C28H28F3NO2SSi/c1-27(2,3)36(22-10-6-4-7-11-22,23-12-8-5-9-13-23)34-19-24-25(18-33)35-26(32-24)20-14-16-21(17-15-20)28(29,30)31/h4-17,33H,18-19H2,1-3H3. The zero-order valence-corrected chi connectivity index (χ0v) is 22.2. The Balaban J connectivity index is 1.72. The number of rotatable bonds is 7. The van der Waals surface area contributed by atoms with Gasteiger partial charge in [0.1, 0.15) is 5.01 Å². The highest BCUT2D eigenvalue weighted by molar-refractivity contribution is 7.15. The number of aliphatic hydroxyl groups excluding tert-OH is 1. The highest BCUT2D eigenvalue weighted by Crippen LogP contribution is 2.38. The SMILES string of the molecule is CC(C)(C)[Si](OCc1nc(-c2ccc(C(F)(F)F)cc2)sc1CO)(c1ccccc1)c1ccccc1. The van der Waals surface area contributed by atoms with Crippen molar-refractivity contribution in [3.63, 3.8) is 0 Å². The summed E-state index contributed by atoms with van der Waals surface area (Å²) >= 11 is 1.27. The van der Waals surface area contributed by atoms with Gasteiger partial charge < -0.3 is 9.53 Å². The van der Waals surface area contributed by atoms with Crippen LogP contribution in [0.3, 0.4) is 0 Å². The normalized spacial score (nSPS) is 12.6. The quantitative estimate of drug-likeness (QED) is 0.283. The molecule has 0 aliphatic rings. The number of nitrogens with zero attached hydrogens (tertiary/aromatic N) is 1. The summed E-state index contributed by atoms with van der Waals surface area (Å²) in [5.41, 5.74) is 0.463. The second-order valence-corrected chi connectivity index (χ2v) is 15.0. The van der Waals surface area contributed by atoms with Gasteiger partial charge in [0.05, 0.1) is 29.3 Å². The van der Waals surface area contributed by atoms with E-state index in [4.69, 9.17) is 9.41 Å². The largest absolute Gasteiger partial charge is 0.416 e. The van der Waals surface area contributed by atoms with E-state index in [1.807, 2.05) is 36.4 Å². The first-order valence-electron chi connectivity index (χ1n) is 11.6. The maximum atomic E-state index is 13.0. The van der Waals surface area contributed by atoms with E-state index in [2.05, 4.69) is 45.0 Å². The van der Waals surface area contributed by atoms with Crippen LogP contribution in [0.1, 0.15) is 36.9 Å². The third kappa shape index (κ3) is 5.17. The lowest BCUT2D eigenvalue weighted by Gasteiger charge is -2.43. The number of benzene rings is 3. The van der Waals surface area contributed by atoms with Crippen LogP contribution in [0.15, 0.2) is 84.9 Å². The van der Waals surface area contributed by atoms with Crippen LogP contribution in [0, 0.1) is 0 Å². The molecule has 0 amide bonds. The molecule has 8 heteroatoms. The molecule has 3 aromatic carbocycles. The predicted molar refractivity (Wildman–Crippen MR) is 141 cm³/mol. The van der Waals surface area contributed by atoms with E-state index in [-0.39, 0.29) is 18.3 Å². The van der Waals surface area contributed by atoms with Crippen molar-refractivity contribution in [2.45, 2.75) is 45.2 Å². The predicted octanol–water partition coefficient (Wildman–Crippen LogP) is 6.40. The molecule has 3 nitrogen and oxygen atoms in total. The Bertz CT molecular complexity index is 1250. The van der Waals surface area contributed by atoms with Crippen molar-refractivity contribution in [2.24, 2.45) is 0 Å². The Hall–Kier alpha value is -2.78. The molecule has 0 fully saturated rings. The van der Waals surface area contributed by atoms with Crippen molar-refractivity contribution in [2.75, 3.05) is 0 Å². The molecule has 188 valence electrons. The summed E-state index contributed by atoms with van der Waals surface area (Å²) in [5.74, 6) is 0. The fourth-order valence-corrected chi connectivity index (χ4v) is 9.92. The van der Waals surface area contributed by atoms with Crippen LogP contribution < -0.4 is 10.4 Å². The first-order valence-corrected chi connectivity index (χ1v) is 14.3. The second kappa shape index (κ2) is 10.3. The van der Waals surface area contributed by atoms with Gasteiger partial charge in [0, 0.05) is 5.56 Å². The number of hydrogen-bond donors (Lipinski definition) is 1. The summed E-state index contributed by atoms with van der Waals surface area (Å²) in [6, 6.07) is 25.4. The Morgan fingerprint density at radius 2 is 1.36 bits per heavy atom. The first kappa shape index (κ1) is 26.3. The second-order valence-electron chi connectivity index (χ2n) is 9.57. The van der Waals surface area contributed by atoms with E-state index < -0.39 is 20.1 Å². The number of aliphatic hydroxyl groups is 1. The minimum absolute atomic E-state index is 0.181. The van der Waals surface area contributed by atoms with Gasteiger partial charge in [-0.25, -0.2) is 4.98 Å². The summed E-state index contributed by atoms with van der Waals surface area (Å²) in [5, 5.41) is 12.6. The molecule has 0 saturated heterocycles. The van der Waals surface area contributed by atoms with E-state index in [9.17, 15) is 18.3 Å². The smallest absolute Gasteiger partial charge is 0.401 e. The fraction of sp³-hybridized carbons (Fsp3) is 0.250. The van der Waals surface area contributed by atoms with E-state index in [0.29, 0.717) is 21.1 Å². The molecule has 4 aromatic rings. The van der Waals surface area contributed by atoms with Gasteiger partial charge >= 0.3 is 6.18 Å². The number of thiazole rings is 1. The summed E-state index contributed by atoms with van der Waals surface area (Å²) in [6.07, 6.45) is -4.40. The van der Waals surface area contributed by atoms with Gasteiger partial charge in [0.2, 0.25) is 0 Å². The average Bonchev–Trinajstić information content (AvgIpc) is 3.28. The lowest BCUT2D eigenvalue weighted by molar-refractivity contribution is -0.137. The van der Waals surface area contributed by atoms with Crippen LogP contribution in [0.5, 0.6) is 0 Å². The molecule has 0 bridgehead atoms.